The Kier molecular flexibility index (Phi) is 10.2. The number of nitrogens with one attached hydrogen (secondary N) is 1. The van der Waals surface area contributed by atoms with Crippen LogP contribution >= 0.6 is 0 Å². The number of ether oxygens (including phenoxy) is 1. The lowest BCUT2D eigenvalue weighted by atomic mass is 10.2. The van der Waals surface area contributed by atoms with Crippen molar-refractivity contribution in [2.75, 3.05) is 0 Å². The quantitative estimate of drug-likeness (QED) is 0.260. The molecule has 0 bridgehead atoms. The Bertz CT molecular complexity index is 2140. The van der Waals surface area contributed by atoms with Crippen molar-refractivity contribution in [1.29, 1.82) is 0 Å². The Morgan fingerprint density at radius 3 is 1.67 bits per heavy atom. The van der Waals surface area contributed by atoms with Crippen molar-refractivity contribution in [2.45, 2.75) is 116 Å². The van der Waals surface area contributed by atoms with Gasteiger partial charge in [0.2, 0.25) is 0 Å². The Hall–Kier alpha value is -4.31. The van der Waals surface area contributed by atoms with Crippen molar-refractivity contribution in [2.24, 2.45) is 0 Å². The number of aryl methyl sites for hydroxylation is 2. The molecule has 4 aromatic rings. The maximum atomic E-state index is 13.0. The maximum Gasteiger partial charge on any atom is 0.410 e. The second-order valence-electron chi connectivity index (χ2n) is 13.0. The van der Waals surface area contributed by atoms with E-state index in [4.69, 9.17) is 4.74 Å². The second kappa shape index (κ2) is 13.7. The summed E-state index contributed by atoms with van der Waals surface area (Å²) < 4.78 is 111. The summed E-state index contributed by atoms with van der Waals surface area (Å²) in [6, 6.07) is 0. The minimum absolute atomic E-state index is 0.0673. The van der Waals surface area contributed by atoms with Gasteiger partial charge < -0.3 is 10.1 Å². The Morgan fingerprint density at radius 2 is 1.24 bits per heavy atom. The molecule has 6 rings (SSSR count). The fourth-order valence-electron chi connectivity index (χ4n) is 5.77. The van der Waals surface area contributed by atoms with Gasteiger partial charge in [0.15, 0.2) is 0 Å². The van der Waals surface area contributed by atoms with Gasteiger partial charge in [-0.2, -0.15) is 45.4 Å². The number of alkyl halides is 4. The molecule has 280 valence electrons. The summed E-state index contributed by atoms with van der Waals surface area (Å²) in [6.07, 6.45) is -2.99. The molecule has 2 aliphatic heterocycles. The molecular weight excluding hydrogens is 725 g/mol. The molecule has 0 aliphatic carbocycles. The standard InChI is InChI=1S/C17H23F2N5O4S.C12H15F2N5O2S/c1-10-15(11(2)23(20-10)9-14(18)19)29(26,27)24-7-12-6-22(8-13(12)21-24)16(25)28-17(3,4)5;1-7-12(8(2)18(16-7)6-11(13)14)22(20,21)19-5-9-3-15-4-10(9)17-19/h7,14H,6,8-9H2,1-5H3;5,11,15H,3-4,6H2,1-2H3. The molecule has 0 spiro atoms. The Balaban J connectivity index is 0.000000205. The molecule has 0 atom stereocenters. The summed E-state index contributed by atoms with van der Waals surface area (Å²) in [5.41, 5.74) is 2.48. The number of halogens is 4. The van der Waals surface area contributed by atoms with Crippen LogP contribution in [-0.2, 0) is 64.1 Å². The van der Waals surface area contributed by atoms with Crippen LogP contribution in [0.2, 0.25) is 0 Å². The normalized spacial score (nSPS) is 14.6. The van der Waals surface area contributed by atoms with Crippen LogP contribution in [0.1, 0.15) is 66.1 Å². The van der Waals surface area contributed by atoms with E-state index >= 15 is 0 Å². The van der Waals surface area contributed by atoms with E-state index in [-0.39, 0.29) is 45.7 Å². The van der Waals surface area contributed by atoms with Crippen molar-refractivity contribution in [3.8, 4) is 0 Å². The molecule has 2 aliphatic rings. The van der Waals surface area contributed by atoms with Crippen LogP contribution in [0.25, 0.3) is 0 Å². The lowest BCUT2D eigenvalue weighted by molar-refractivity contribution is 0.0239. The number of hydrogen-bond donors (Lipinski definition) is 1. The van der Waals surface area contributed by atoms with Crippen LogP contribution in [0.5, 0.6) is 0 Å². The third-order valence-electron chi connectivity index (χ3n) is 7.93. The molecule has 0 aromatic carbocycles. The summed E-state index contributed by atoms with van der Waals surface area (Å²) in [5, 5.41) is 19.1. The van der Waals surface area contributed by atoms with Crippen LogP contribution in [0, 0.1) is 27.7 Å². The summed E-state index contributed by atoms with van der Waals surface area (Å²) in [5.74, 6) is 0. The number of rotatable bonds is 8. The number of aromatic nitrogens is 8. The van der Waals surface area contributed by atoms with Crippen molar-refractivity contribution in [3.05, 3.63) is 57.7 Å². The van der Waals surface area contributed by atoms with E-state index in [1.54, 1.807) is 20.8 Å². The zero-order valence-electron chi connectivity index (χ0n) is 28.9. The van der Waals surface area contributed by atoms with Crippen LogP contribution in [0.3, 0.4) is 0 Å². The molecule has 51 heavy (non-hydrogen) atoms. The molecule has 0 saturated heterocycles. The Morgan fingerprint density at radius 1 is 0.765 bits per heavy atom. The molecular formula is C29H38F4N10O6S2. The number of carbonyl (C=O) groups excluding carboxylic acids is 1. The summed E-state index contributed by atoms with van der Waals surface area (Å²) in [6.45, 7) is 11.1. The SMILES string of the molecule is Cc1nn(CC(F)F)c(C)c1S(=O)(=O)n1cc2c(n1)CN(C(=O)OC(C)(C)C)C2.Cc1nn(CC(F)F)c(C)c1S(=O)(=O)n1cc2c(n1)CNC2. The predicted molar refractivity (Wildman–Crippen MR) is 171 cm³/mol. The van der Waals surface area contributed by atoms with Gasteiger partial charge in [-0.15, -0.1) is 0 Å². The monoisotopic (exact) mass is 762 g/mol. The molecule has 0 radical (unpaired) electrons. The van der Waals surface area contributed by atoms with Crippen LogP contribution in [0.15, 0.2) is 22.2 Å². The fraction of sp³-hybridized carbons (Fsp3) is 0.552. The number of fused-ring (bicyclic) bond motifs is 2. The van der Waals surface area contributed by atoms with E-state index in [1.165, 1.54) is 45.0 Å². The van der Waals surface area contributed by atoms with Gasteiger partial charge in [-0.05, 0) is 48.5 Å². The summed E-state index contributed by atoms with van der Waals surface area (Å²) >= 11 is 0. The van der Waals surface area contributed by atoms with Crippen molar-refractivity contribution in [3.63, 3.8) is 0 Å². The first-order chi connectivity index (χ1) is 23.6. The molecule has 1 N–H and O–H groups in total. The molecule has 1 amide bonds. The number of nitrogens with zero attached hydrogens (tertiary/aromatic N) is 9. The maximum absolute atomic E-state index is 13.0. The molecule has 6 heterocycles. The zero-order valence-corrected chi connectivity index (χ0v) is 30.5. The third-order valence-corrected chi connectivity index (χ3v) is 11.5. The molecule has 0 saturated carbocycles. The highest BCUT2D eigenvalue weighted by atomic mass is 32.2. The highest BCUT2D eigenvalue weighted by molar-refractivity contribution is 7.90. The van der Waals surface area contributed by atoms with Gasteiger partial charge in [0, 0.05) is 36.6 Å². The first-order valence-electron chi connectivity index (χ1n) is 15.6. The molecule has 22 heteroatoms. The first kappa shape index (κ1) is 37.9. The Labute approximate surface area is 291 Å². The molecule has 16 nitrogen and oxygen atoms in total. The first-order valence-corrected chi connectivity index (χ1v) is 18.5. The summed E-state index contributed by atoms with van der Waals surface area (Å²) in [7, 11) is -8.06. The second-order valence-corrected chi connectivity index (χ2v) is 16.5. The lowest BCUT2D eigenvalue weighted by Gasteiger charge is -2.24. The van der Waals surface area contributed by atoms with Crippen LogP contribution < -0.4 is 5.32 Å². The van der Waals surface area contributed by atoms with Crippen molar-refractivity contribution < 1.29 is 43.9 Å². The smallest absolute Gasteiger partial charge is 0.410 e. The largest absolute Gasteiger partial charge is 0.444 e. The van der Waals surface area contributed by atoms with E-state index in [0.29, 0.717) is 30.0 Å². The molecule has 0 unspecified atom stereocenters. The van der Waals surface area contributed by atoms with Gasteiger partial charge in [0.1, 0.15) is 28.5 Å². The zero-order chi connectivity index (χ0) is 37.8. The van der Waals surface area contributed by atoms with Gasteiger partial charge in [-0.3, -0.25) is 14.3 Å². The predicted octanol–water partition coefficient (Wildman–Crippen LogP) is 3.25. The van der Waals surface area contributed by atoms with Crippen molar-refractivity contribution in [1.82, 2.24) is 48.1 Å². The van der Waals surface area contributed by atoms with Crippen LogP contribution in [0.4, 0.5) is 22.4 Å². The lowest BCUT2D eigenvalue weighted by Crippen LogP contribution is -2.33. The van der Waals surface area contributed by atoms with E-state index in [1.807, 2.05) is 0 Å². The van der Waals surface area contributed by atoms with Gasteiger partial charge in [0.25, 0.3) is 32.9 Å². The van der Waals surface area contributed by atoms with E-state index in [2.05, 4.69) is 25.7 Å². The highest BCUT2D eigenvalue weighted by Crippen LogP contribution is 2.28. The van der Waals surface area contributed by atoms with E-state index in [9.17, 15) is 39.2 Å². The number of carbonyl (C=O) groups is 1. The topological polar surface area (TPSA) is 181 Å². The average molecular weight is 763 g/mol. The average Bonchev–Trinajstić information content (AvgIpc) is 3.80. The van der Waals surface area contributed by atoms with Gasteiger partial charge >= 0.3 is 6.09 Å². The molecule has 4 aromatic heterocycles. The molecule has 0 fully saturated rings. The number of hydrogen-bond acceptors (Lipinski definition) is 11. The van der Waals surface area contributed by atoms with Crippen LogP contribution in [-0.4, -0.2) is 84.2 Å². The highest BCUT2D eigenvalue weighted by Gasteiger charge is 2.34. The minimum Gasteiger partial charge on any atom is -0.444 e. The fourth-order valence-corrected chi connectivity index (χ4v) is 8.88. The van der Waals surface area contributed by atoms with E-state index in [0.717, 1.165) is 23.1 Å². The third kappa shape index (κ3) is 7.66. The van der Waals surface area contributed by atoms with Gasteiger partial charge in [-0.25, -0.2) is 22.4 Å². The number of amides is 1. The van der Waals surface area contributed by atoms with Gasteiger partial charge in [0.05, 0.1) is 47.3 Å². The minimum atomic E-state index is -4.12. The van der Waals surface area contributed by atoms with E-state index < -0.39 is 57.7 Å². The van der Waals surface area contributed by atoms with Crippen molar-refractivity contribution >= 4 is 26.1 Å². The van der Waals surface area contributed by atoms with Gasteiger partial charge in [-0.1, -0.05) is 0 Å². The summed E-state index contributed by atoms with van der Waals surface area (Å²) in [4.78, 5) is 13.4.